The van der Waals surface area contributed by atoms with E-state index in [1.807, 2.05) is 0 Å². The smallest absolute Gasteiger partial charge is 0.150 e. The summed E-state index contributed by atoms with van der Waals surface area (Å²) in [5.41, 5.74) is 0. The van der Waals surface area contributed by atoms with Gasteiger partial charge in [-0.2, -0.15) is 4.44 Å². The molecular weight excluding hydrogens is 196 g/mol. The van der Waals surface area contributed by atoms with Gasteiger partial charge in [0.25, 0.3) is 0 Å². The van der Waals surface area contributed by atoms with Crippen LogP contribution in [0.5, 0.6) is 0 Å². The first-order valence-corrected chi connectivity index (χ1v) is 8.79. The van der Waals surface area contributed by atoms with Gasteiger partial charge in [-0.25, -0.2) is 0 Å². The molecule has 0 aromatic carbocycles. The van der Waals surface area contributed by atoms with Crippen LogP contribution in [0.1, 0.15) is 0 Å². The lowest BCUT2D eigenvalue weighted by molar-refractivity contribution is 0.281. The summed E-state index contributed by atoms with van der Waals surface area (Å²) in [5, 5.41) is 8.68. The molecule has 0 rings (SSSR count). The summed E-state index contributed by atoms with van der Waals surface area (Å²) < 4.78 is 24.6. The molecule has 4 nitrogen and oxygen atoms in total. The summed E-state index contributed by atoms with van der Waals surface area (Å²) in [6, 6.07) is 0. The first-order chi connectivity index (χ1) is 5.19. The van der Waals surface area contributed by atoms with E-state index in [2.05, 4.69) is 0 Å². The maximum absolute atomic E-state index is 11.6. The number of aliphatic hydroxyl groups excluding tert-OH is 1. The van der Waals surface area contributed by atoms with Gasteiger partial charge in [0.2, 0.25) is 0 Å². The fourth-order valence-corrected chi connectivity index (χ4v) is 6.38. The third-order valence-electron chi connectivity index (χ3n) is 1.41. The predicted octanol–water partition coefficient (Wildman–Crippen LogP) is 1.36. The molecule has 0 unspecified atom stereocenters. The van der Waals surface area contributed by atoms with Crippen LogP contribution in [0.15, 0.2) is 0 Å². The van der Waals surface area contributed by atoms with Crippen molar-refractivity contribution in [2.75, 3.05) is 39.8 Å². The minimum atomic E-state index is -2.50. The maximum Gasteiger partial charge on any atom is 0.150 e. The van der Waals surface area contributed by atoms with Crippen LogP contribution in [0.4, 0.5) is 0 Å². The van der Waals surface area contributed by atoms with Crippen molar-refractivity contribution < 1.29 is 14.2 Å². The topological polar surface area (TPSA) is 57.6 Å². The van der Waals surface area contributed by atoms with Crippen LogP contribution in [0.2, 0.25) is 0 Å². The van der Waals surface area contributed by atoms with Gasteiger partial charge >= 0.3 is 0 Å². The van der Waals surface area contributed by atoms with Crippen molar-refractivity contribution in [1.82, 2.24) is 4.44 Å². The van der Waals surface area contributed by atoms with E-state index in [9.17, 15) is 9.13 Å². The number of rotatable bonds is 4. The average Bonchev–Trinajstić information content (AvgIpc) is 1.77. The van der Waals surface area contributed by atoms with Crippen molar-refractivity contribution in [1.29, 1.82) is 0 Å². The van der Waals surface area contributed by atoms with E-state index in [0.717, 1.165) is 0 Å². The van der Waals surface area contributed by atoms with Gasteiger partial charge in [0.1, 0.15) is 14.6 Å². The Balaban J connectivity index is 4.70. The van der Waals surface area contributed by atoms with Crippen LogP contribution in [-0.2, 0) is 9.13 Å². The molecular formula is C6H17NO3P2. The van der Waals surface area contributed by atoms with E-state index < -0.39 is 14.6 Å². The van der Waals surface area contributed by atoms with E-state index in [1.54, 1.807) is 26.7 Å². The number of hydrogen-bond donors (Lipinski definition) is 1. The maximum atomic E-state index is 11.6. The van der Waals surface area contributed by atoms with Gasteiger partial charge in [-0.05, 0) is 0 Å². The molecule has 0 saturated carbocycles. The van der Waals surface area contributed by atoms with Crippen LogP contribution in [0, 0.1) is 0 Å². The molecule has 0 spiro atoms. The lowest BCUT2D eigenvalue weighted by atomic mass is 10.8. The highest BCUT2D eigenvalue weighted by molar-refractivity contribution is 7.75. The van der Waals surface area contributed by atoms with E-state index in [-0.39, 0.29) is 13.2 Å². The Morgan fingerprint density at radius 1 is 1.08 bits per heavy atom. The van der Waals surface area contributed by atoms with Gasteiger partial charge in [0.05, 0.1) is 6.61 Å². The highest BCUT2D eigenvalue weighted by Crippen LogP contribution is 2.58. The normalized spacial score (nSPS) is 13.8. The summed E-state index contributed by atoms with van der Waals surface area (Å²) >= 11 is 0. The summed E-state index contributed by atoms with van der Waals surface area (Å²) in [6.07, 6.45) is 0. The predicted molar refractivity (Wildman–Crippen MR) is 52.7 cm³/mol. The molecule has 0 saturated heterocycles. The van der Waals surface area contributed by atoms with Crippen molar-refractivity contribution in [3.05, 3.63) is 0 Å². The molecule has 0 aliphatic heterocycles. The van der Waals surface area contributed by atoms with Gasteiger partial charge in [0, 0.05) is 33.2 Å². The highest BCUT2D eigenvalue weighted by Gasteiger charge is 2.28. The first-order valence-electron chi connectivity index (χ1n) is 3.69. The summed E-state index contributed by atoms with van der Waals surface area (Å²) in [5.74, 6) is 0. The SMILES string of the molecule is CP(C)(=O)N(CCO)P(C)(C)=O. The Hall–Kier alpha value is 0.380. The van der Waals surface area contributed by atoms with Crippen LogP contribution < -0.4 is 0 Å². The molecule has 0 atom stereocenters. The van der Waals surface area contributed by atoms with Crippen LogP contribution >= 0.6 is 14.6 Å². The van der Waals surface area contributed by atoms with E-state index in [1.165, 1.54) is 4.44 Å². The molecule has 1 N–H and O–H groups in total. The summed E-state index contributed by atoms with van der Waals surface area (Å²) in [7, 11) is -5.01. The second-order valence-electron chi connectivity index (χ2n) is 3.41. The molecule has 0 radical (unpaired) electrons. The van der Waals surface area contributed by atoms with Gasteiger partial charge in [0.15, 0.2) is 0 Å². The van der Waals surface area contributed by atoms with Crippen molar-refractivity contribution in [2.45, 2.75) is 0 Å². The standard InChI is InChI=1S/C6H17NO3P2/c1-11(2,9)7(5-6-8)12(3,4)10/h8H,5-6H2,1-4H3. The Morgan fingerprint density at radius 3 is 1.50 bits per heavy atom. The fraction of sp³-hybridized carbons (Fsp3) is 1.00. The molecule has 0 bridgehead atoms. The van der Waals surface area contributed by atoms with E-state index >= 15 is 0 Å². The van der Waals surface area contributed by atoms with Crippen molar-refractivity contribution in [2.24, 2.45) is 0 Å². The minimum Gasteiger partial charge on any atom is -0.395 e. The Labute approximate surface area is 73.8 Å². The van der Waals surface area contributed by atoms with Crippen molar-refractivity contribution >= 4 is 14.6 Å². The Bertz CT molecular complexity index is 207. The van der Waals surface area contributed by atoms with Gasteiger partial charge in [-0.3, -0.25) is 0 Å². The Kier molecular flexibility index (Phi) is 4.19. The quantitative estimate of drug-likeness (QED) is 0.716. The summed E-state index contributed by atoms with van der Waals surface area (Å²) in [4.78, 5) is 0. The second-order valence-corrected chi connectivity index (χ2v) is 9.86. The molecule has 0 aliphatic rings. The highest BCUT2D eigenvalue weighted by atomic mass is 31.2. The largest absolute Gasteiger partial charge is 0.395 e. The molecule has 0 heterocycles. The van der Waals surface area contributed by atoms with Crippen molar-refractivity contribution in [3.63, 3.8) is 0 Å². The zero-order valence-electron chi connectivity index (χ0n) is 8.02. The zero-order chi connectivity index (χ0) is 9.99. The monoisotopic (exact) mass is 213 g/mol. The number of aliphatic hydroxyl groups is 1. The average molecular weight is 213 g/mol. The lowest BCUT2D eigenvalue weighted by Crippen LogP contribution is -2.19. The lowest BCUT2D eigenvalue weighted by Gasteiger charge is -2.29. The number of hydrogen-bond acceptors (Lipinski definition) is 3. The first kappa shape index (κ1) is 12.4. The minimum absolute atomic E-state index is 0.114. The Morgan fingerprint density at radius 2 is 1.42 bits per heavy atom. The molecule has 74 valence electrons. The van der Waals surface area contributed by atoms with Gasteiger partial charge in [-0.15, -0.1) is 0 Å². The van der Waals surface area contributed by atoms with E-state index in [0.29, 0.717) is 0 Å². The van der Waals surface area contributed by atoms with Gasteiger partial charge < -0.3 is 14.2 Å². The molecule has 0 aromatic heterocycles. The molecule has 0 aromatic rings. The molecule has 6 heteroatoms. The van der Waals surface area contributed by atoms with E-state index in [4.69, 9.17) is 5.11 Å². The molecule has 0 fully saturated rings. The molecule has 12 heavy (non-hydrogen) atoms. The molecule has 0 amide bonds. The third-order valence-corrected chi connectivity index (χ3v) is 6.62. The van der Waals surface area contributed by atoms with Crippen LogP contribution in [0.25, 0.3) is 0 Å². The fourth-order valence-electron chi connectivity index (χ4n) is 1.09. The van der Waals surface area contributed by atoms with Crippen LogP contribution in [-0.4, -0.2) is 49.4 Å². The van der Waals surface area contributed by atoms with Gasteiger partial charge in [-0.1, -0.05) is 0 Å². The van der Waals surface area contributed by atoms with Crippen molar-refractivity contribution in [3.8, 4) is 0 Å². The third kappa shape index (κ3) is 3.86. The zero-order valence-corrected chi connectivity index (χ0v) is 9.81. The number of nitrogens with zero attached hydrogens (tertiary/aromatic N) is 1. The summed E-state index contributed by atoms with van der Waals surface area (Å²) in [6.45, 7) is 6.33. The van der Waals surface area contributed by atoms with Crippen LogP contribution in [0.3, 0.4) is 0 Å². The molecule has 0 aliphatic carbocycles. The second kappa shape index (κ2) is 4.06.